The first-order chi connectivity index (χ1) is 19.8. The van der Waals surface area contributed by atoms with Crippen LogP contribution >= 0.6 is 0 Å². The number of fused-ring (bicyclic) bond motifs is 8. The summed E-state index contributed by atoms with van der Waals surface area (Å²) in [6, 6.07) is 27.6. The number of benzene rings is 5. The summed E-state index contributed by atoms with van der Waals surface area (Å²) >= 11 is 0. The average molecular weight is 523 g/mol. The highest BCUT2D eigenvalue weighted by Gasteiger charge is 2.19. The molecule has 2 heterocycles. The van der Waals surface area contributed by atoms with Crippen molar-refractivity contribution in [2.24, 2.45) is 0 Å². The first kappa shape index (κ1) is 23.0. The van der Waals surface area contributed by atoms with E-state index < -0.39 is 0 Å². The largest absolute Gasteiger partial charge is 0.456 e. The molecule has 2 nitrogen and oxygen atoms in total. The summed E-state index contributed by atoms with van der Waals surface area (Å²) in [7, 11) is 0. The van der Waals surface area contributed by atoms with E-state index in [0.29, 0.717) is 11.8 Å². The van der Waals surface area contributed by atoms with E-state index in [1.165, 1.54) is 108 Å². The highest BCUT2D eigenvalue weighted by Crippen LogP contribution is 2.41. The highest BCUT2D eigenvalue weighted by molar-refractivity contribution is 6.18. The molecule has 9 rings (SSSR count). The molecule has 0 saturated heterocycles. The van der Waals surface area contributed by atoms with Gasteiger partial charge in [-0.2, -0.15) is 0 Å². The van der Waals surface area contributed by atoms with Gasteiger partial charge in [-0.3, -0.25) is 0 Å². The van der Waals surface area contributed by atoms with Gasteiger partial charge in [0.2, 0.25) is 0 Å². The van der Waals surface area contributed by atoms with Gasteiger partial charge in [0.25, 0.3) is 0 Å². The van der Waals surface area contributed by atoms with Crippen LogP contribution in [0.25, 0.3) is 65.4 Å². The molecule has 2 aromatic heterocycles. The van der Waals surface area contributed by atoms with E-state index in [1.807, 2.05) is 0 Å². The van der Waals surface area contributed by atoms with Crippen LogP contribution in [-0.2, 0) is 0 Å². The zero-order valence-corrected chi connectivity index (χ0v) is 23.0. The SMILES string of the molecule is c1cc2cc3oc4cc5c(cc4c3cc2cc1C1CCCCC1)oc1cc2ccc(C3CCCCC3)cc2cc15. The maximum atomic E-state index is 6.48. The zero-order valence-electron chi connectivity index (χ0n) is 23.0. The Morgan fingerprint density at radius 1 is 0.375 bits per heavy atom. The van der Waals surface area contributed by atoms with Gasteiger partial charge in [-0.15, -0.1) is 0 Å². The molecule has 5 aromatic carbocycles. The monoisotopic (exact) mass is 522 g/mol. The third kappa shape index (κ3) is 3.61. The summed E-state index contributed by atoms with van der Waals surface area (Å²) in [6.45, 7) is 0. The first-order valence-electron chi connectivity index (χ1n) is 15.5. The molecular formula is C38H34O2. The smallest absolute Gasteiger partial charge is 0.136 e. The topological polar surface area (TPSA) is 26.3 Å². The molecule has 0 bridgehead atoms. The van der Waals surface area contributed by atoms with Crippen LogP contribution in [0, 0.1) is 0 Å². The van der Waals surface area contributed by atoms with Crippen molar-refractivity contribution >= 4 is 65.4 Å². The van der Waals surface area contributed by atoms with Crippen molar-refractivity contribution in [3.63, 3.8) is 0 Å². The Balaban J connectivity index is 1.19. The summed E-state index contributed by atoms with van der Waals surface area (Å²) in [6.07, 6.45) is 13.5. The minimum atomic E-state index is 0.708. The van der Waals surface area contributed by atoms with Crippen LogP contribution in [0.1, 0.15) is 87.2 Å². The van der Waals surface area contributed by atoms with Crippen LogP contribution < -0.4 is 0 Å². The molecule has 7 aromatic rings. The Morgan fingerprint density at radius 3 is 1.23 bits per heavy atom. The number of furan rings is 2. The summed E-state index contributed by atoms with van der Waals surface area (Å²) in [5, 5.41) is 9.74. The Bertz CT molecular complexity index is 1920. The minimum absolute atomic E-state index is 0.708. The van der Waals surface area contributed by atoms with E-state index in [2.05, 4.69) is 72.8 Å². The van der Waals surface area contributed by atoms with Gasteiger partial charge in [0.15, 0.2) is 0 Å². The summed E-state index contributed by atoms with van der Waals surface area (Å²) < 4.78 is 13.0. The van der Waals surface area contributed by atoms with Crippen molar-refractivity contribution in [3.05, 3.63) is 83.9 Å². The second kappa shape index (κ2) is 8.86. The lowest BCUT2D eigenvalue weighted by atomic mass is 9.83. The third-order valence-corrected chi connectivity index (χ3v) is 10.2. The van der Waals surface area contributed by atoms with Gasteiger partial charge in [0.1, 0.15) is 22.3 Å². The predicted octanol–water partition coefficient (Wildman–Crippen LogP) is 11.9. The van der Waals surface area contributed by atoms with E-state index in [0.717, 1.165) is 33.1 Å². The van der Waals surface area contributed by atoms with Crippen LogP contribution in [0.3, 0.4) is 0 Å². The molecule has 2 fully saturated rings. The summed E-state index contributed by atoms with van der Waals surface area (Å²) in [5.41, 5.74) is 6.77. The fraction of sp³-hybridized carbons (Fsp3) is 0.316. The van der Waals surface area contributed by atoms with Crippen LogP contribution in [0.15, 0.2) is 81.6 Å². The molecule has 0 atom stereocenters. The van der Waals surface area contributed by atoms with E-state index in [1.54, 1.807) is 0 Å². The molecule has 0 unspecified atom stereocenters. The van der Waals surface area contributed by atoms with Gasteiger partial charge < -0.3 is 8.83 Å². The average Bonchev–Trinajstić information content (AvgIpc) is 3.53. The van der Waals surface area contributed by atoms with Gasteiger partial charge >= 0.3 is 0 Å². The summed E-state index contributed by atoms with van der Waals surface area (Å²) in [5.74, 6) is 1.42. The Morgan fingerprint density at radius 2 is 0.775 bits per heavy atom. The van der Waals surface area contributed by atoms with E-state index >= 15 is 0 Å². The van der Waals surface area contributed by atoms with Crippen molar-refractivity contribution < 1.29 is 8.83 Å². The lowest BCUT2D eigenvalue weighted by molar-refractivity contribution is 0.444. The third-order valence-electron chi connectivity index (χ3n) is 10.2. The minimum Gasteiger partial charge on any atom is -0.456 e. The lowest BCUT2D eigenvalue weighted by Crippen LogP contribution is -2.04. The molecule has 0 amide bonds. The Kier molecular flexibility index (Phi) is 5.09. The highest BCUT2D eigenvalue weighted by atomic mass is 16.3. The number of hydrogen-bond donors (Lipinski definition) is 0. The molecule has 0 N–H and O–H groups in total. The lowest BCUT2D eigenvalue weighted by Gasteiger charge is -2.22. The molecule has 2 heteroatoms. The molecule has 40 heavy (non-hydrogen) atoms. The van der Waals surface area contributed by atoms with Crippen LogP contribution in [0.5, 0.6) is 0 Å². The van der Waals surface area contributed by atoms with Gasteiger partial charge in [0, 0.05) is 21.5 Å². The summed E-state index contributed by atoms with van der Waals surface area (Å²) in [4.78, 5) is 0. The number of hydrogen-bond acceptors (Lipinski definition) is 2. The first-order valence-corrected chi connectivity index (χ1v) is 15.5. The standard InChI is InChI=1S/C38H34O2/c1-3-7-23(8-4-1)25-11-13-27-19-35-31(17-29(27)15-25)33-21-38-34(22-37(33)39-35)32-18-30-16-26(24-9-5-2-6-10-24)12-14-28(30)20-36(32)40-38/h11-24H,1-10H2. The Labute approximate surface area is 233 Å². The van der Waals surface area contributed by atoms with Crippen molar-refractivity contribution in [2.45, 2.75) is 76.0 Å². The van der Waals surface area contributed by atoms with Crippen molar-refractivity contribution in [1.29, 1.82) is 0 Å². The fourth-order valence-electron chi connectivity index (χ4n) is 7.95. The quantitative estimate of drug-likeness (QED) is 0.226. The molecule has 2 aliphatic carbocycles. The van der Waals surface area contributed by atoms with E-state index in [9.17, 15) is 0 Å². The molecule has 0 spiro atoms. The van der Waals surface area contributed by atoms with Gasteiger partial charge in [-0.25, -0.2) is 0 Å². The van der Waals surface area contributed by atoms with Crippen LogP contribution in [0.4, 0.5) is 0 Å². The predicted molar refractivity (Wildman–Crippen MR) is 168 cm³/mol. The number of rotatable bonds is 2. The Hall–Kier alpha value is -3.78. The van der Waals surface area contributed by atoms with Gasteiger partial charge in [-0.1, -0.05) is 74.9 Å². The normalized spacial score (nSPS) is 17.8. The maximum Gasteiger partial charge on any atom is 0.136 e. The van der Waals surface area contributed by atoms with Crippen LogP contribution in [0.2, 0.25) is 0 Å². The molecule has 2 saturated carbocycles. The van der Waals surface area contributed by atoms with E-state index in [4.69, 9.17) is 8.83 Å². The van der Waals surface area contributed by atoms with Gasteiger partial charge in [0.05, 0.1) is 0 Å². The van der Waals surface area contributed by atoms with Crippen molar-refractivity contribution in [3.8, 4) is 0 Å². The molecular weight excluding hydrogens is 488 g/mol. The van der Waals surface area contributed by atoms with Crippen molar-refractivity contribution in [1.82, 2.24) is 0 Å². The molecule has 0 aliphatic heterocycles. The zero-order chi connectivity index (χ0) is 26.2. The van der Waals surface area contributed by atoms with Gasteiger partial charge in [-0.05, 0) is 107 Å². The fourth-order valence-corrected chi connectivity index (χ4v) is 7.95. The van der Waals surface area contributed by atoms with E-state index in [-0.39, 0.29) is 0 Å². The van der Waals surface area contributed by atoms with Crippen LogP contribution in [-0.4, -0.2) is 0 Å². The van der Waals surface area contributed by atoms with Crippen molar-refractivity contribution in [2.75, 3.05) is 0 Å². The molecule has 2 aliphatic rings. The second-order valence-corrected chi connectivity index (χ2v) is 12.6. The molecule has 0 radical (unpaired) electrons. The molecule has 198 valence electrons. The maximum absolute atomic E-state index is 6.48. The second-order valence-electron chi connectivity index (χ2n) is 12.6.